The van der Waals surface area contributed by atoms with Crippen LogP contribution in [-0.4, -0.2) is 22.4 Å². The minimum Gasteiger partial charge on any atom is -0.317 e. The Kier molecular flexibility index (Phi) is 5.11. The molecule has 1 heterocycles. The normalized spacial score (nSPS) is 16.7. The second-order valence-electron chi connectivity index (χ2n) is 5.75. The molecule has 0 radical (unpaired) electrons. The number of anilines is 1. The second kappa shape index (κ2) is 7.29. The molecule has 2 aromatic rings. The number of urea groups is 1. The van der Waals surface area contributed by atoms with Crippen molar-refractivity contribution in [1.82, 2.24) is 4.90 Å². The molecule has 0 saturated carbocycles. The van der Waals surface area contributed by atoms with Crippen molar-refractivity contribution < 1.29 is 9.72 Å². The van der Waals surface area contributed by atoms with Gasteiger partial charge in [0.25, 0.3) is 5.69 Å². The molecule has 1 aliphatic heterocycles. The second-order valence-corrected chi connectivity index (χ2v) is 6.60. The van der Waals surface area contributed by atoms with Gasteiger partial charge in [0.2, 0.25) is 0 Å². The van der Waals surface area contributed by atoms with E-state index in [-0.39, 0.29) is 22.8 Å². The summed E-state index contributed by atoms with van der Waals surface area (Å²) in [5.74, 6) is 0. The number of nitro benzene ring substituents is 1. The smallest absolute Gasteiger partial charge is 0.317 e. The summed E-state index contributed by atoms with van der Waals surface area (Å²) >= 11 is 12.0. The fourth-order valence-electron chi connectivity index (χ4n) is 2.95. The van der Waals surface area contributed by atoms with E-state index in [0.29, 0.717) is 17.3 Å². The SMILES string of the molecule is O=C(Nc1ccc([N+](=O)[O-])cc1Cl)N1CCCC1c1ccc(Cl)cc1. The van der Waals surface area contributed by atoms with Crippen molar-refractivity contribution in [1.29, 1.82) is 0 Å². The van der Waals surface area contributed by atoms with E-state index in [1.165, 1.54) is 18.2 Å². The van der Waals surface area contributed by atoms with Crippen LogP contribution in [0.3, 0.4) is 0 Å². The molecule has 1 atom stereocenters. The highest BCUT2D eigenvalue weighted by Gasteiger charge is 2.30. The van der Waals surface area contributed by atoms with Crippen LogP contribution in [0.1, 0.15) is 24.4 Å². The van der Waals surface area contributed by atoms with Gasteiger partial charge in [0.15, 0.2) is 0 Å². The lowest BCUT2D eigenvalue weighted by atomic mass is 10.1. The number of amides is 2. The van der Waals surface area contributed by atoms with E-state index in [0.717, 1.165) is 18.4 Å². The number of nitrogens with zero attached hydrogens (tertiary/aromatic N) is 2. The third-order valence-electron chi connectivity index (χ3n) is 4.17. The van der Waals surface area contributed by atoms with E-state index in [1.807, 2.05) is 12.1 Å². The van der Waals surface area contributed by atoms with E-state index in [4.69, 9.17) is 23.2 Å². The molecule has 2 aromatic carbocycles. The number of nitrogens with one attached hydrogen (secondary N) is 1. The van der Waals surface area contributed by atoms with E-state index in [2.05, 4.69) is 5.32 Å². The Labute approximate surface area is 154 Å². The van der Waals surface area contributed by atoms with Crippen LogP contribution < -0.4 is 5.32 Å². The van der Waals surface area contributed by atoms with Gasteiger partial charge < -0.3 is 10.2 Å². The number of hydrogen-bond donors (Lipinski definition) is 1. The van der Waals surface area contributed by atoms with Gasteiger partial charge in [-0.05, 0) is 36.6 Å². The Hall–Kier alpha value is -2.31. The molecule has 0 bridgehead atoms. The average Bonchev–Trinajstić information content (AvgIpc) is 3.07. The van der Waals surface area contributed by atoms with Gasteiger partial charge in [-0.15, -0.1) is 0 Å². The van der Waals surface area contributed by atoms with Gasteiger partial charge in [-0.1, -0.05) is 35.3 Å². The summed E-state index contributed by atoms with van der Waals surface area (Å²) in [7, 11) is 0. The van der Waals surface area contributed by atoms with Crippen molar-refractivity contribution in [3.63, 3.8) is 0 Å². The number of benzene rings is 2. The molecule has 1 aliphatic rings. The van der Waals surface area contributed by atoms with Crippen molar-refractivity contribution in [3.05, 3.63) is 68.2 Å². The maximum atomic E-state index is 12.6. The molecule has 1 N–H and O–H groups in total. The van der Waals surface area contributed by atoms with Crippen LogP contribution in [0, 0.1) is 10.1 Å². The average molecular weight is 380 g/mol. The lowest BCUT2D eigenvalue weighted by molar-refractivity contribution is -0.384. The van der Waals surface area contributed by atoms with Crippen LogP contribution in [-0.2, 0) is 0 Å². The Morgan fingerprint density at radius 3 is 2.56 bits per heavy atom. The quantitative estimate of drug-likeness (QED) is 0.582. The molecule has 0 aromatic heterocycles. The van der Waals surface area contributed by atoms with Gasteiger partial charge in [0.1, 0.15) is 0 Å². The highest BCUT2D eigenvalue weighted by Crippen LogP contribution is 2.34. The number of carbonyl (C=O) groups excluding carboxylic acids is 1. The number of carbonyl (C=O) groups is 1. The monoisotopic (exact) mass is 379 g/mol. The predicted molar refractivity (Wildman–Crippen MR) is 97.3 cm³/mol. The first-order valence-corrected chi connectivity index (χ1v) is 8.48. The lowest BCUT2D eigenvalue weighted by Gasteiger charge is -2.25. The molecule has 0 spiro atoms. The zero-order chi connectivity index (χ0) is 18.0. The zero-order valence-electron chi connectivity index (χ0n) is 13.1. The maximum absolute atomic E-state index is 12.6. The predicted octanol–water partition coefficient (Wildman–Crippen LogP) is 5.27. The standard InChI is InChI=1S/C17H15Cl2N3O3/c18-12-5-3-11(4-6-12)16-2-1-9-21(16)17(23)20-15-8-7-13(22(24)25)10-14(15)19/h3-8,10,16H,1-2,9H2,(H,20,23). The molecule has 130 valence electrons. The van der Waals surface area contributed by atoms with E-state index < -0.39 is 4.92 Å². The molecule has 1 unspecified atom stereocenters. The van der Waals surface area contributed by atoms with Gasteiger partial charge in [-0.2, -0.15) is 0 Å². The van der Waals surface area contributed by atoms with Crippen molar-refractivity contribution in [2.75, 3.05) is 11.9 Å². The first-order chi connectivity index (χ1) is 12.0. The maximum Gasteiger partial charge on any atom is 0.322 e. The van der Waals surface area contributed by atoms with E-state index in [9.17, 15) is 14.9 Å². The highest BCUT2D eigenvalue weighted by molar-refractivity contribution is 6.34. The van der Waals surface area contributed by atoms with Crippen molar-refractivity contribution >= 4 is 40.6 Å². The van der Waals surface area contributed by atoms with Gasteiger partial charge >= 0.3 is 6.03 Å². The molecular weight excluding hydrogens is 365 g/mol. The molecular formula is C17H15Cl2N3O3. The summed E-state index contributed by atoms with van der Waals surface area (Å²) in [6.07, 6.45) is 1.76. The zero-order valence-corrected chi connectivity index (χ0v) is 14.6. The van der Waals surface area contributed by atoms with E-state index >= 15 is 0 Å². The van der Waals surface area contributed by atoms with Crippen LogP contribution in [0.25, 0.3) is 0 Å². The number of halogens is 2. The fourth-order valence-corrected chi connectivity index (χ4v) is 3.30. The van der Waals surface area contributed by atoms with Crippen LogP contribution in [0.4, 0.5) is 16.2 Å². The van der Waals surface area contributed by atoms with Crippen LogP contribution in [0.2, 0.25) is 10.0 Å². The van der Waals surface area contributed by atoms with Gasteiger partial charge in [0, 0.05) is 23.7 Å². The minimum atomic E-state index is -0.533. The Morgan fingerprint density at radius 2 is 1.92 bits per heavy atom. The van der Waals surface area contributed by atoms with Crippen molar-refractivity contribution in [2.45, 2.75) is 18.9 Å². The number of hydrogen-bond acceptors (Lipinski definition) is 3. The van der Waals surface area contributed by atoms with Gasteiger partial charge in [0.05, 0.1) is 21.7 Å². The fraction of sp³-hybridized carbons (Fsp3) is 0.235. The largest absolute Gasteiger partial charge is 0.322 e. The number of rotatable bonds is 3. The summed E-state index contributed by atoms with van der Waals surface area (Å²) in [5.41, 5.74) is 1.24. The molecule has 2 amide bonds. The highest BCUT2D eigenvalue weighted by atomic mass is 35.5. The Morgan fingerprint density at radius 1 is 1.20 bits per heavy atom. The van der Waals surface area contributed by atoms with Crippen molar-refractivity contribution in [2.24, 2.45) is 0 Å². The van der Waals surface area contributed by atoms with Crippen LogP contribution >= 0.6 is 23.2 Å². The lowest BCUT2D eigenvalue weighted by Crippen LogP contribution is -2.34. The van der Waals surface area contributed by atoms with Crippen LogP contribution in [0.15, 0.2) is 42.5 Å². The molecule has 8 heteroatoms. The summed E-state index contributed by atoms with van der Waals surface area (Å²) in [4.78, 5) is 24.6. The molecule has 6 nitrogen and oxygen atoms in total. The number of nitro groups is 1. The van der Waals surface area contributed by atoms with E-state index in [1.54, 1.807) is 17.0 Å². The first kappa shape index (κ1) is 17.5. The molecule has 3 rings (SSSR count). The minimum absolute atomic E-state index is 0.0332. The van der Waals surface area contributed by atoms with Gasteiger partial charge in [-0.3, -0.25) is 10.1 Å². The first-order valence-electron chi connectivity index (χ1n) is 7.73. The summed E-state index contributed by atoms with van der Waals surface area (Å²) in [6, 6.07) is 11.1. The molecule has 25 heavy (non-hydrogen) atoms. The van der Waals surface area contributed by atoms with Crippen molar-refractivity contribution in [3.8, 4) is 0 Å². The third kappa shape index (κ3) is 3.86. The Balaban J connectivity index is 1.76. The Bertz CT molecular complexity index is 811. The van der Waals surface area contributed by atoms with Gasteiger partial charge in [-0.25, -0.2) is 4.79 Å². The topological polar surface area (TPSA) is 75.5 Å². The van der Waals surface area contributed by atoms with Crippen LogP contribution in [0.5, 0.6) is 0 Å². The number of non-ortho nitro benzene ring substituents is 1. The number of likely N-dealkylation sites (tertiary alicyclic amines) is 1. The summed E-state index contributed by atoms with van der Waals surface area (Å²) in [6.45, 7) is 0.629. The molecule has 0 aliphatic carbocycles. The molecule has 1 saturated heterocycles. The third-order valence-corrected chi connectivity index (χ3v) is 4.74. The summed E-state index contributed by atoms with van der Waals surface area (Å²) in [5, 5.41) is 14.3. The molecule has 1 fully saturated rings. The summed E-state index contributed by atoms with van der Waals surface area (Å²) < 4.78 is 0.